The third kappa shape index (κ3) is 3.36. The minimum Gasteiger partial charge on any atom is -0.378 e. The van der Waals surface area contributed by atoms with Crippen LogP contribution in [0.2, 0.25) is 5.15 Å². The number of halogens is 2. The molecule has 2 aromatic rings. The van der Waals surface area contributed by atoms with Crippen molar-refractivity contribution >= 4 is 38.9 Å². The third-order valence-corrected chi connectivity index (χ3v) is 5.14. The Kier molecular flexibility index (Phi) is 4.79. The van der Waals surface area contributed by atoms with Crippen molar-refractivity contribution in [3.8, 4) is 11.5 Å². The van der Waals surface area contributed by atoms with E-state index in [0.29, 0.717) is 27.8 Å². The molecule has 0 aromatic carbocycles. The van der Waals surface area contributed by atoms with Crippen molar-refractivity contribution in [3.05, 3.63) is 25.7 Å². The molecule has 0 unspecified atom stereocenters. The molecule has 108 valence electrons. The molecule has 0 atom stereocenters. The van der Waals surface area contributed by atoms with Crippen LogP contribution in [0.15, 0.2) is 9.85 Å². The maximum absolute atomic E-state index is 6.12. The highest BCUT2D eigenvalue weighted by atomic mass is 79.9. The molecule has 4 nitrogen and oxygen atoms in total. The third-order valence-electron chi connectivity index (χ3n) is 2.54. The summed E-state index contributed by atoms with van der Waals surface area (Å²) in [7, 11) is 1.61. The zero-order chi connectivity index (χ0) is 14.9. The Bertz CT molecular complexity index is 625. The van der Waals surface area contributed by atoms with Crippen molar-refractivity contribution in [2.75, 3.05) is 7.11 Å². The molecule has 2 rings (SSSR count). The van der Waals surface area contributed by atoms with Crippen LogP contribution in [0.1, 0.15) is 31.5 Å². The summed E-state index contributed by atoms with van der Waals surface area (Å²) in [5.74, 6) is 0.525. The van der Waals surface area contributed by atoms with E-state index >= 15 is 0 Å². The van der Waals surface area contributed by atoms with Crippen LogP contribution in [0.3, 0.4) is 0 Å². The Morgan fingerprint density at radius 2 is 2.00 bits per heavy atom. The lowest BCUT2D eigenvalue weighted by Gasteiger charge is -2.13. The van der Waals surface area contributed by atoms with Crippen molar-refractivity contribution in [2.24, 2.45) is 0 Å². The van der Waals surface area contributed by atoms with Gasteiger partial charge in [-0.2, -0.15) is 0 Å². The number of hydrogen-bond acceptors (Lipinski definition) is 5. The fourth-order valence-electron chi connectivity index (χ4n) is 1.53. The smallest absolute Gasteiger partial charge is 0.180 e. The van der Waals surface area contributed by atoms with Crippen LogP contribution in [0.5, 0.6) is 0 Å². The van der Waals surface area contributed by atoms with E-state index in [4.69, 9.17) is 16.3 Å². The van der Waals surface area contributed by atoms with E-state index in [-0.39, 0.29) is 5.41 Å². The highest BCUT2D eigenvalue weighted by Gasteiger charge is 2.20. The SMILES string of the molecule is COCc1nc(-c2csc(C(C)(C)C)n2)nc(Cl)c1Br. The Morgan fingerprint density at radius 3 is 2.55 bits per heavy atom. The maximum atomic E-state index is 6.12. The van der Waals surface area contributed by atoms with E-state index in [1.807, 2.05) is 5.38 Å². The molecule has 0 aliphatic carbocycles. The Labute approximate surface area is 135 Å². The molecule has 0 saturated carbocycles. The summed E-state index contributed by atoms with van der Waals surface area (Å²) in [6.45, 7) is 6.75. The van der Waals surface area contributed by atoms with Crippen LogP contribution in [0.4, 0.5) is 0 Å². The standard InChI is InChI=1S/C13H15BrClN3OS/c1-13(2,3)12-17-8(6-20-12)11-16-7(5-19-4)9(14)10(15)18-11/h6H,5H2,1-4H3. The van der Waals surface area contributed by atoms with Gasteiger partial charge in [-0.25, -0.2) is 15.0 Å². The maximum Gasteiger partial charge on any atom is 0.180 e. The number of hydrogen-bond donors (Lipinski definition) is 0. The van der Waals surface area contributed by atoms with Gasteiger partial charge in [-0.15, -0.1) is 11.3 Å². The van der Waals surface area contributed by atoms with Gasteiger partial charge in [0.05, 0.1) is 21.8 Å². The van der Waals surface area contributed by atoms with E-state index in [9.17, 15) is 0 Å². The molecule has 0 bridgehead atoms. The van der Waals surface area contributed by atoms with Crippen LogP contribution in [-0.2, 0) is 16.8 Å². The molecule has 0 aliphatic heterocycles. The van der Waals surface area contributed by atoms with Gasteiger partial charge in [-0.05, 0) is 15.9 Å². The average Bonchev–Trinajstić information content (AvgIpc) is 2.84. The number of ether oxygens (including phenoxy) is 1. The molecule has 0 fully saturated rings. The monoisotopic (exact) mass is 375 g/mol. The molecular formula is C13H15BrClN3OS. The van der Waals surface area contributed by atoms with Gasteiger partial charge in [0.2, 0.25) is 0 Å². The first-order valence-electron chi connectivity index (χ1n) is 6.00. The first kappa shape index (κ1) is 15.8. The van der Waals surface area contributed by atoms with E-state index in [2.05, 4.69) is 51.7 Å². The summed E-state index contributed by atoms with van der Waals surface area (Å²) in [4.78, 5) is 13.3. The lowest BCUT2D eigenvalue weighted by atomic mass is 9.98. The highest BCUT2D eigenvalue weighted by Crippen LogP contribution is 2.31. The van der Waals surface area contributed by atoms with Gasteiger partial charge in [0.15, 0.2) is 5.82 Å². The molecular weight excluding hydrogens is 362 g/mol. The molecule has 0 N–H and O–H groups in total. The van der Waals surface area contributed by atoms with Crippen molar-refractivity contribution in [1.29, 1.82) is 0 Å². The van der Waals surface area contributed by atoms with Gasteiger partial charge in [-0.3, -0.25) is 0 Å². The predicted molar refractivity (Wildman–Crippen MR) is 85.3 cm³/mol. The highest BCUT2D eigenvalue weighted by molar-refractivity contribution is 9.10. The van der Waals surface area contributed by atoms with Crippen molar-refractivity contribution < 1.29 is 4.74 Å². The minimum absolute atomic E-state index is 0.0113. The molecule has 2 heterocycles. The predicted octanol–water partition coefficient (Wildman–Crippen LogP) is 4.46. The Hall–Kier alpha value is -0.560. The quantitative estimate of drug-likeness (QED) is 0.742. The number of rotatable bonds is 3. The van der Waals surface area contributed by atoms with Crippen LogP contribution in [-0.4, -0.2) is 22.1 Å². The molecule has 0 aliphatic rings. The van der Waals surface area contributed by atoms with Crippen molar-refractivity contribution in [2.45, 2.75) is 32.8 Å². The van der Waals surface area contributed by atoms with Crippen LogP contribution >= 0.6 is 38.9 Å². The molecule has 2 aromatic heterocycles. The summed E-state index contributed by atoms with van der Waals surface area (Å²) < 4.78 is 5.78. The van der Waals surface area contributed by atoms with E-state index in [1.165, 1.54) is 0 Å². The molecule has 20 heavy (non-hydrogen) atoms. The number of aromatic nitrogens is 3. The fourth-order valence-corrected chi connectivity index (χ4v) is 2.90. The first-order valence-corrected chi connectivity index (χ1v) is 8.05. The lowest BCUT2D eigenvalue weighted by molar-refractivity contribution is 0.181. The van der Waals surface area contributed by atoms with Crippen molar-refractivity contribution in [1.82, 2.24) is 15.0 Å². The summed E-state index contributed by atoms with van der Waals surface area (Å²) in [6.07, 6.45) is 0. The zero-order valence-corrected chi connectivity index (χ0v) is 14.9. The van der Waals surface area contributed by atoms with Crippen LogP contribution in [0.25, 0.3) is 11.5 Å². The van der Waals surface area contributed by atoms with E-state index in [0.717, 1.165) is 10.7 Å². The second-order valence-corrected chi connectivity index (χ2v) is 7.33. The normalized spacial score (nSPS) is 11.9. The first-order chi connectivity index (χ1) is 9.32. The van der Waals surface area contributed by atoms with E-state index in [1.54, 1.807) is 18.4 Å². The second kappa shape index (κ2) is 6.05. The molecule has 0 spiro atoms. The Balaban J connectivity index is 2.45. The van der Waals surface area contributed by atoms with Gasteiger partial charge >= 0.3 is 0 Å². The van der Waals surface area contributed by atoms with Crippen LogP contribution < -0.4 is 0 Å². The summed E-state index contributed by atoms with van der Waals surface area (Å²) >= 11 is 11.1. The van der Waals surface area contributed by atoms with Crippen molar-refractivity contribution in [3.63, 3.8) is 0 Å². The topological polar surface area (TPSA) is 47.9 Å². The lowest BCUT2D eigenvalue weighted by Crippen LogP contribution is -2.10. The number of thiazole rings is 1. The van der Waals surface area contributed by atoms with Gasteiger partial charge in [0.25, 0.3) is 0 Å². The zero-order valence-electron chi connectivity index (χ0n) is 11.7. The fraction of sp³-hybridized carbons (Fsp3) is 0.462. The number of methoxy groups -OCH3 is 1. The van der Waals surface area contributed by atoms with Crippen LogP contribution in [0, 0.1) is 0 Å². The molecule has 0 radical (unpaired) electrons. The molecule has 0 saturated heterocycles. The van der Waals surface area contributed by atoms with E-state index < -0.39 is 0 Å². The molecule has 0 amide bonds. The second-order valence-electron chi connectivity index (χ2n) is 5.32. The minimum atomic E-state index is 0.0113. The van der Waals surface area contributed by atoms with Gasteiger partial charge in [0, 0.05) is 17.9 Å². The van der Waals surface area contributed by atoms with Gasteiger partial charge < -0.3 is 4.74 Å². The van der Waals surface area contributed by atoms with Gasteiger partial charge in [0.1, 0.15) is 10.8 Å². The van der Waals surface area contributed by atoms with Gasteiger partial charge in [-0.1, -0.05) is 32.4 Å². The average molecular weight is 377 g/mol. The number of nitrogens with zero attached hydrogens (tertiary/aromatic N) is 3. The summed E-state index contributed by atoms with van der Waals surface area (Å²) in [5.41, 5.74) is 1.47. The molecule has 7 heteroatoms. The largest absolute Gasteiger partial charge is 0.378 e. The summed E-state index contributed by atoms with van der Waals surface area (Å²) in [5, 5.41) is 3.37. The summed E-state index contributed by atoms with van der Waals surface area (Å²) in [6, 6.07) is 0. The Morgan fingerprint density at radius 1 is 1.30 bits per heavy atom.